The monoisotopic (exact) mass is 252 g/mol. The summed E-state index contributed by atoms with van der Waals surface area (Å²) in [4.78, 5) is 0. The zero-order chi connectivity index (χ0) is 11.5. The van der Waals surface area contributed by atoms with Crippen LogP contribution in [0.3, 0.4) is 0 Å². The average Bonchev–Trinajstić information content (AvgIpc) is 2.34. The first-order valence-electron chi connectivity index (χ1n) is 5.34. The molecule has 3 heteroatoms. The lowest BCUT2D eigenvalue weighted by Crippen LogP contribution is -2.13. The van der Waals surface area contributed by atoms with E-state index in [1.807, 2.05) is 18.2 Å². The maximum Gasteiger partial charge on any atom is 0.102 e. The van der Waals surface area contributed by atoms with Gasteiger partial charge in [0.05, 0.1) is 0 Å². The van der Waals surface area contributed by atoms with Gasteiger partial charge in [-0.25, -0.2) is 0 Å². The molecule has 0 bridgehead atoms. The second-order valence-corrected chi connectivity index (χ2v) is 5.71. The third-order valence-electron chi connectivity index (χ3n) is 2.98. The highest BCUT2D eigenvalue weighted by Gasteiger charge is 2.24. The summed E-state index contributed by atoms with van der Waals surface area (Å²) in [6.45, 7) is 0. The van der Waals surface area contributed by atoms with Crippen LogP contribution >= 0.6 is 23.5 Å². The summed E-state index contributed by atoms with van der Waals surface area (Å²) in [6.07, 6.45) is 5.78. The first-order chi connectivity index (χ1) is 7.77. The molecule has 0 heterocycles. The van der Waals surface area contributed by atoms with Gasteiger partial charge in [0.1, 0.15) is 6.10 Å². The van der Waals surface area contributed by atoms with E-state index in [1.165, 1.54) is 15.4 Å². The van der Waals surface area contributed by atoms with Crippen molar-refractivity contribution >= 4 is 23.5 Å². The van der Waals surface area contributed by atoms with E-state index in [-0.39, 0.29) is 0 Å². The molecule has 1 aliphatic carbocycles. The molecule has 16 heavy (non-hydrogen) atoms. The molecule has 2 rings (SSSR count). The Labute approximate surface area is 105 Å². The van der Waals surface area contributed by atoms with Gasteiger partial charge < -0.3 is 5.11 Å². The normalized spacial score (nSPS) is 19.4. The molecule has 0 aromatic heterocycles. The van der Waals surface area contributed by atoms with Gasteiger partial charge in [0.2, 0.25) is 0 Å². The first kappa shape index (κ1) is 12.1. The minimum atomic E-state index is -0.403. The topological polar surface area (TPSA) is 20.2 Å². The molecule has 1 aliphatic rings. The summed E-state index contributed by atoms with van der Waals surface area (Å²) in [5, 5.41) is 10.4. The van der Waals surface area contributed by atoms with Crippen LogP contribution in [0.5, 0.6) is 0 Å². The molecule has 0 saturated heterocycles. The van der Waals surface area contributed by atoms with Crippen LogP contribution in [-0.2, 0) is 6.42 Å². The van der Waals surface area contributed by atoms with Crippen molar-refractivity contribution in [3.8, 4) is 0 Å². The van der Waals surface area contributed by atoms with Crippen LogP contribution in [0, 0.1) is 0 Å². The lowest BCUT2D eigenvalue weighted by atomic mass is 9.86. The van der Waals surface area contributed by atoms with Crippen molar-refractivity contribution in [1.82, 2.24) is 0 Å². The Hall–Kier alpha value is -0.380. The van der Waals surface area contributed by atoms with E-state index in [4.69, 9.17) is 0 Å². The summed E-state index contributed by atoms with van der Waals surface area (Å²) >= 11 is 3.47. The van der Waals surface area contributed by atoms with Crippen molar-refractivity contribution in [2.75, 3.05) is 12.5 Å². The van der Waals surface area contributed by atoms with Gasteiger partial charge in [0.15, 0.2) is 0 Å². The third kappa shape index (κ3) is 2.17. The SMILES string of the molecule is CSC(SC)=C1CCc2ccccc2C1O. The molecule has 1 unspecified atom stereocenters. The summed E-state index contributed by atoms with van der Waals surface area (Å²) in [5.74, 6) is 0. The molecule has 0 aliphatic heterocycles. The Kier molecular flexibility index (Phi) is 4.00. The number of rotatable bonds is 2. The van der Waals surface area contributed by atoms with E-state index in [1.54, 1.807) is 23.5 Å². The van der Waals surface area contributed by atoms with Crippen molar-refractivity contribution in [2.45, 2.75) is 18.9 Å². The molecular formula is C13H16OS2. The van der Waals surface area contributed by atoms with E-state index >= 15 is 0 Å². The summed E-state index contributed by atoms with van der Waals surface area (Å²) in [6, 6.07) is 8.21. The Balaban J connectivity index is 2.41. The minimum absolute atomic E-state index is 0.403. The highest BCUT2D eigenvalue weighted by molar-refractivity contribution is 8.21. The molecule has 0 saturated carbocycles. The van der Waals surface area contributed by atoms with E-state index < -0.39 is 6.10 Å². The number of fused-ring (bicyclic) bond motifs is 1. The van der Waals surface area contributed by atoms with Gasteiger partial charge in [-0.2, -0.15) is 0 Å². The lowest BCUT2D eigenvalue weighted by Gasteiger charge is -2.26. The van der Waals surface area contributed by atoms with Gasteiger partial charge in [-0.05, 0) is 42.1 Å². The largest absolute Gasteiger partial charge is 0.384 e. The Morgan fingerprint density at radius 2 is 1.88 bits per heavy atom. The number of hydrogen-bond acceptors (Lipinski definition) is 3. The van der Waals surface area contributed by atoms with Crippen LogP contribution in [0.1, 0.15) is 23.7 Å². The molecule has 1 nitrogen and oxygen atoms in total. The van der Waals surface area contributed by atoms with Gasteiger partial charge in [-0.1, -0.05) is 24.3 Å². The molecule has 0 spiro atoms. The van der Waals surface area contributed by atoms with Crippen LogP contribution in [0.2, 0.25) is 0 Å². The summed E-state index contributed by atoms with van der Waals surface area (Å²) in [5.41, 5.74) is 3.57. The zero-order valence-electron chi connectivity index (χ0n) is 9.56. The van der Waals surface area contributed by atoms with Crippen molar-refractivity contribution in [3.05, 3.63) is 45.2 Å². The van der Waals surface area contributed by atoms with Gasteiger partial charge in [0, 0.05) is 4.24 Å². The van der Waals surface area contributed by atoms with Crippen molar-refractivity contribution in [3.63, 3.8) is 0 Å². The summed E-state index contributed by atoms with van der Waals surface area (Å²) < 4.78 is 1.27. The maximum absolute atomic E-state index is 10.4. The molecule has 0 amide bonds. The lowest BCUT2D eigenvalue weighted by molar-refractivity contribution is 0.205. The number of aliphatic hydroxyl groups excluding tert-OH is 1. The van der Waals surface area contributed by atoms with Crippen molar-refractivity contribution < 1.29 is 5.11 Å². The van der Waals surface area contributed by atoms with Gasteiger partial charge in [-0.15, -0.1) is 23.5 Å². The van der Waals surface area contributed by atoms with Crippen LogP contribution in [-0.4, -0.2) is 17.6 Å². The zero-order valence-corrected chi connectivity index (χ0v) is 11.2. The Morgan fingerprint density at radius 1 is 1.19 bits per heavy atom. The van der Waals surface area contributed by atoms with E-state index in [0.29, 0.717) is 0 Å². The third-order valence-corrected chi connectivity index (χ3v) is 5.24. The number of thioether (sulfide) groups is 2. The Morgan fingerprint density at radius 3 is 2.56 bits per heavy atom. The fourth-order valence-electron chi connectivity index (χ4n) is 2.18. The average molecular weight is 252 g/mol. The van der Waals surface area contributed by atoms with Gasteiger partial charge in [0.25, 0.3) is 0 Å². The standard InChI is InChI=1S/C13H16OS2/c1-15-13(16-2)11-8-7-9-5-3-4-6-10(9)12(11)14/h3-6,12,14H,7-8H2,1-2H3. The molecule has 0 fully saturated rings. The number of aryl methyl sites for hydroxylation is 1. The molecule has 0 radical (unpaired) electrons. The predicted molar refractivity (Wildman–Crippen MR) is 73.8 cm³/mol. The fraction of sp³-hybridized carbons (Fsp3) is 0.385. The van der Waals surface area contributed by atoms with Crippen molar-refractivity contribution in [2.24, 2.45) is 0 Å². The molecular weight excluding hydrogens is 236 g/mol. The smallest absolute Gasteiger partial charge is 0.102 e. The second kappa shape index (κ2) is 5.30. The second-order valence-electron chi connectivity index (χ2n) is 3.82. The minimum Gasteiger partial charge on any atom is -0.384 e. The van der Waals surface area contributed by atoms with E-state index in [0.717, 1.165) is 18.4 Å². The fourth-order valence-corrected chi connectivity index (χ4v) is 3.80. The maximum atomic E-state index is 10.4. The highest BCUT2D eigenvalue weighted by atomic mass is 32.2. The van der Waals surface area contributed by atoms with Gasteiger partial charge >= 0.3 is 0 Å². The molecule has 1 atom stereocenters. The molecule has 86 valence electrons. The highest BCUT2D eigenvalue weighted by Crippen LogP contribution is 2.41. The van der Waals surface area contributed by atoms with Gasteiger partial charge in [-0.3, -0.25) is 0 Å². The van der Waals surface area contributed by atoms with Crippen LogP contribution < -0.4 is 0 Å². The van der Waals surface area contributed by atoms with Crippen LogP contribution in [0.25, 0.3) is 0 Å². The number of aliphatic hydroxyl groups is 1. The molecule has 1 N–H and O–H groups in total. The first-order valence-corrected chi connectivity index (χ1v) is 7.79. The number of benzene rings is 1. The summed E-state index contributed by atoms with van der Waals surface area (Å²) in [7, 11) is 0. The van der Waals surface area contributed by atoms with E-state index in [9.17, 15) is 5.11 Å². The van der Waals surface area contributed by atoms with Crippen LogP contribution in [0.15, 0.2) is 34.1 Å². The molecule has 1 aromatic rings. The van der Waals surface area contributed by atoms with Crippen LogP contribution in [0.4, 0.5) is 0 Å². The van der Waals surface area contributed by atoms with Crippen molar-refractivity contribution in [1.29, 1.82) is 0 Å². The quantitative estimate of drug-likeness (QED) is 0.868. The number of hydrogen-bond donors (Lipinski definition) is 1. The molecule has 1 aromatic carbocycles. The predicted octanol–water partition coefficient (Wildman–Crippen LogP) is 3.60. The Bertz CT molecular complexity index is 406. The van der Waals surface area contributed by atoms with E-state index in [2.05, 4.69) is 18.6 Å².